The van der Waals surface area contributed by atoms with Gasteiger partial charge >= 0.3 is 0 Å². The molecule has 0 aliphatic rings. The third-order valence-corrected chi connectivity index (χ3v) is 4.77. The van der Waals surface area contributed by atoms with Gasteiger partial charge in [0.2, 0.25) is 0 Å². The molecule has 0 bridgehead atoms. The van der Waals surface area contributed by atoms with Gasteiger partial charge in [-0.2, -0.15) is 5.10 Å². The van der Waals surface area contributed by atoms with Crippen molar-refractivity contribution >= 4 is 5.91 Å². The first-order valence-corrected chi connectivity index (χ1v) is 9.63. The molecule has 0 atom stereocenters. The number of nitrogens with zero attached hydrogens (tertiary/aromatic N) is 3. The number of benzene rings is 2. The number of aryl methyl sites for hydroxylation is 1. The summed E-state index contributed by atoms with van der Waals surface area (Å²) >= 11 is 0. The maximum absolute atomic E-state index is 12.9. The van der Waals surface area contributed by atoms with E-state index in [0.717, 1.165) is 29.9 Å². The molecule has 0 aliphatic carbocycles. The molecule has 1 heterocycles. The number of nitrogens with one attached hydrogen (secondary N) is 1. The lowest BCUT2D eigenvalue weighted by atomic mass is 10.1. The van der Waals surface area contributed by atoms with Crippen LogP contribution in [0.2, 0.25) is 0 Å². The number of rotatable bonds is 7. The quantitative estimate of drug-likeness (QED) is 0.683. The van der Waals surface area contributed by atoms with E-state index in [1.165, 1.54) is 11.1 Å². The number of aromatic nitrogens is 2. The summed E-state index contributed by atoms with van der Waals surface area (Å²) < 4.78 is 1.86. The zero-order valence-electron chi connectivity index (χ0n) is 17.1. The largest absolute Gasteiger partial charge is 0.348 e. The summed E-state index contributed by atoms with van der Waals surface area (Å²) in [6.07, 6.45) is 2.40. The average molecular weight is 377 g/mol. The zero-order chi connectivity index (χ0) is 20.1. The highest BCUT2D eigenvalue weighted by Crippen LogP contribution is 2.17. The summed E-state index contributed by atoms with van der Waals surface area (Å²) in [6.45, 7) is 5.45. The molecule has 0 aliphatic heterocycles. The fraction of sp³-hybridized carbons (Fsp3) is 0.304. The Labute approximate surface area is 167 Å². The summed E-state index contributed by atoms with van der Waals surface area (Å²) in [4.78, 5) is 15.0. The van der Waals surface area contributed by atoms with Gasteiger partial charge in [0, 0.05) is 13.1 Å². The molecule has 3 rings (SSSR count). The Morgan fingerprint density at radius 3 is 2.39 bits per heavy atom. The van der Waals surface area contributed by atoms with Crippen LogP contribution in [0.25, 0.3) is 5.69 Å². The van der Waals surface area contributed by atoms with Crippen molar-refractivity contribution in [2.75, 3.05) is 14.1 Å². The first-order valence-electron chi connectivity index (χ1n) is 9.63. The van der Waals surface area contributed by atoms with Gasteiger partial charge in [0.1, 0.15) is 0 Å². The first-order chi connectivity index (χ1) is 13.5. The highest BCUT2D eigenvalue weighted by molar-refractivity contribution is 5.95. The summed E-state index contributed by atoms with van der Waals surface area (Å²) in [5.74, 6) is -0.0881. The van der Waals surface area contributed by atoms with Crippen molar-refractivity contribution in [2.24, 2.45) is 0 Å². The van der Waals surface area contributed by atoms with Gasteiger partial charge in [0.15, 0.2) is 0 Å². The molecule has 5 heteroatoms. The Bertz CT molecular complexity index is 941. The zero-order valence-corrected chi connectivity index (χ0v) is 17.1. The molecule has 3 aromatic rings. The topological polar surface area (TPSA) is 50.2 Å². The minimum absolute atomic E-state index is 0.0881. The Hall–Kier alpha value is -2.92. The van der Waals surface area contributed by atoms with Crippen molar-refractivity contribution < 1.29 is 4.79 Å². The van der Waals surface area contributed by atoms with Crippen molar-refractivity contribution in [1.29, 1.82) is 0 Å². The molecular formula is C23H28N4O. The van der Waals surface area contributed by atoms with Crippen LogP contribution in [-0.4, -0.2) is 34.7 Å². The fourth-order valence-corrected chi connectivity index (χ4v) is 3.31. The summed E-state index contributed by atoms with van der Waals surface area (Å²) in [5.41, 5.74) is 6.07. The molecular weight excluding hydrogens is 348 g/mol. The van der Waals surface area contributed by atoms with Crippen molar-refractivity contribution in [1.82, 2.24) is 20.0 Å². The van der Waals surface area contributed by atoms with Gasteiger partial charge in [-0.05, 0) is 50.7 Å². The van der Waals surface area contributed by atoms with Crippen molar-refractivity contribution in [3.8, 4) is 5.69 Å². The summed E-state index contributed by atoms with van der Waals surface area (Å²) in [6, 6.07) is 16.4. The minimum atomic E-state index is -0.0881. The number of hydrogen-bond donors (Lipinski definition) is 1. The molecule has 146 valence electrons. The molecule has 1 N–H and O–H groups in total. The van der Waals surface area contributed by atoms with Crippen molar-refractivity contribution in [3.05, 3.63) is 82.7 Å². The van der Waals surface area contributed by atoms with Gasteiger partial charge in [0.05, 0.1) is 23.1 Å². The van der Waals surface area contributed by atoms with Crippen LogP contribution in [0.1, 0.15) is 39.7 Å². The van der Waals surface area contributed by atoms with Crippen LogP contribution in [-0.2, 0) is 19.5 Å². The molecule has 0 radical (unpaired) electrons. The summed E-state index contributed by atoms with van der Waals surface area (Å²) in [5, 5.41) is 7.54. The van der Waals surface area contributed by atoms with Gasteiger partial charge in [0.25, 0.3) is 5.91 Å². The average Bonchev–Trinajstić information content (AvgIpc) is 3.11. The van der Waals surface area contributed by atoms with E-state index in [9.17, 15) is 4.79 Å². The van der Waals surface area contributed by atoms with E-state index in [-0.39, 0.29) is 5.91 Å². The third kappa shape index (κ3) is 4.49. The number of amides is 1. The lowest BCUT2D eigenvalue weighted by Crippen LogP contribution is -2.25. The number of hydrogen-bond acceptors (Lipinski definition) is 3. The molecule has 2 aromatic carbocycles. The van der Waals surface area contributed by atoms with E-state index in [1.807, 2.05) is 50.0 Å². The molecule has 0 saturated heterocycles. The van der Waals surface area contributed by atoms with E-state index >= 15 is 0 Å². The van der Waals surface area contributed by atoms with Crippen LogP contribution in [0.3, 0.4) is 0 Å². The predicted molar refractivity (Wildman–Crippen MR) is 113 cm³/mol. The Morgan fingerprint density at radius 1 is 1.07 bits per heavy atom. The lowest BCUT2D eigenvalue weighted by Gasteiger charge is -2.15. The van der Waals surface area contributed by atoms with Crippen molar-refractivity contribution in [2.45, 2.75) is 33.4 Å². The second kappa shape index (κ2) is 8.85. The van der Waals surface area contributed by atoms with E-state index in [0.29, 0.717) is 12.1 Å². The van der Waals surface area contributed by atoms with Gasteiger partial charge < -0.3 is 10.2 Å². The molecule has 0 spiro atoms. The van der Waals surface area contributed by atoms with Crippen LogP contribution < -0.4 is 5.32 Å². The van der Waals surface area contributed by atoms with E-state index in [1.54, 1.807) is 6.20 Å². The number of carbonyl (C=O) groups excluding carboxylic acids is 1. The smallest absolute Gasteiger partial charge is 0.255 e. The Morgan fingerprint density at radius 2 is 1.75 bits per heavy atom. The Kier molecular flexibility index (Phi) is 6.26. The highest BCUT2D eigenvalue weighted by Gasteiger charge is 2.17. The molecule has 0 unspecified atom stereocenters. The van der Waals surface area contributed by atoms with Gasteiger partial charge in [-0.3, -0.25) is 4.79 Å². The van der Waals surface area contributed by atoms with Gasteiger partial charge in [-0.25, -0.2) is 4.68 Å². The van der Waals surface area contributed by atoms with Crippen LogP contribution in [0, 0.1) is 6.92 Å². The molecule has 5 nitrogen and oxygen atoms in total. The SMILES string of the molecule is CCc1c(C(=O)NCc2ccccc2CN(C)C)cnn1-c1ccc(C)cc1. The third-order valence-electron chi connectivity index (χ3n) is 4.77. The predicted octanol–water partition coefficient (Wildman–Crippen LogP) is 3.73. The second-order valence-electron chi connectivity index (χ2n) is 7.30. The molecule has 1 aromatic heterocycles. The molecule has 0 saturated carbocycles. The standard InChI is InChI=1S/C23H28N4O/c1-5-22-21(15-25-27(22)20-12-10-17(2)11-13-20)23(28)24-14-18-8-6-7-9-19(18)16-26(3)4/h6-13,15H,5,14,16H2,1-4H3,(H,24,28). The normalized spacial score (nSPS) is 11.0. The van der Waals surface area contributed by atoms with E-state index in [4.69, 9.17) is 0 Å². The van der Waals surface area contributed by atoms with Crippen LogP contribution in [0.5, 0.6) is 0 Å². The van der Waals surface area contributed by atoms with E-state index < -0.39 is 0 Å². The molecule has 28 heavy (non-hydrogen) atoms. The monoisotopic (exact) mass is 376 g/mol. The maximum Gasteiger partial charge on any atom is 0.255 e. The molecule has 0 fully saturated rings. The summed E-state index contributed by atoms with van der Waals surface area (Å²) in [7, 11) is 4.09. The van der Waals surface area contributed by atoms with Crippen LogP contribution in [0.15, 0.2) is 54.7 Å². The first kappa shape index (κ1) is 19.8. The maximum atomic E-state index is 12.9. The van der Waals surface area contributed by atoms with Gasteiger partial charge in [-0.15, -0.1) is 0 Å². The fourth-order valence-electron chi connectivity index (χ4n) is 3.31. The van der Waals surface area contributed by atoms with Crippen molar-refractivity contribution in [3.63, 3.8) is 0 Å². The highest BCUT2D eigenvalue weighted by atomic mass is 16.1. The minimum Gasteiger partial charge on any atom is -0.348 e. The van der Waals surface area contributed by atoms with Crippen LogP contribution >= 0.6 is 0 Å². The van der Waals surface area contributed by atoms with E-state index in [2.05, 4.69) is 46.5 Å². The van der Waals surface area contributed by atoms with Crippen LogP contribution in [0.4, 0.5) is 0 Å². The second-order valence-corrected chi connectivity index (χ2v) is 7.30. The number of carbonyl (C=O) groups is 1. The molecule has 1 amide bonds. The van der Waals surface area contributed by atoms with Gasteiger partial charge in [-0.1, -0.05) is 48.9 Å². The lowest BCUT2D eigenvalue weighted by molar-refractivity contribution is 0.0950. The Balaban J connectivity index is 1.78.